The molecular formula is C19H18ClFN4O2. The average molecular weight is 389 g/mol. The molecule has 8 heteroatoms. The minimum Gasteiger partial charge on any atom is -0.493 e. The number of anilines is 1. The number of benzene rings is 2. The number of nitrogens with zero attached hydrogens (tertiary/aromatic N) is 3. The summed E-state index contributed by atoms with van der Waals surface area (Å²) < 4.78 is 26.4. The number of imidazole rings is 1. The molecule has 0 bridgehead atoms. The molecule has 0 unspecified atom stereocenters. The van der Waals surface area contributed by atoms with E-state index < -0.39 is 5.82 Å². The van der Waals surface area contributed by atoms with Crippen LogP contribution in [0.5, 0.6) is 11.5 Å². The van der Waals surface area contributed by atoms with Crippen LogP contribution >= 0.6 is 11.6 Å². The predicted octanol–water partition coefficient (Wildman–Crippen LogP) is 4.04. The van der Waals surface area contributed by atoms with Gasteiger partial charge in [0, 0.05) is 5.56 Å². The lowest BCUT2D eigenvalue weighted by molar-refractivity contribution is 0.280. The van der Waals surface area contributed by atoms with Crippen molar-refractivity contribution in [2.75, 3.05) is 12.8 Å². The Morgan fingerprint density at radius 3 is 2.78 bits per heavy atom. The monoisotopic (exact) mass is 388 g/mol. The van der Waals surface area contributed by atoms with E-state index in [1.54, 1.807) is 42.7 Å². The fourth-order valence-electron chi connectivity index (χ4n) is 2.43. The number of aryl methyl sites for hydroxylation is 1. The Kier molecular flexibility index (Phi) is 5.61. The topological polar surface area (TPSA) is 74.7 Å². The fraction of sp³-hybridized carbons (Fsp3) is 0.158. The Morgan fingerprint density at radius 2 is 2.11 bits per heavy atom. The van der Waals surface area contributed by atoms with Gasteiger partial charge in [0.1, 0.15) is 12.4 Å². The Bertz CT molecular complexity index is 968. The number of nitrogens with two attached hydrogens (primary N) is 1. The lowest BCUT2D eigenvalue weighted by Crippen LogP contribution is -2.01. The van der Waals surface area contributed by atoms with Gasteiger partial charge in [0.2, 0.25) is 5.95 Å². The van der Waals surface area contributed by atoms with Gasteiger partial charge in [-0.3, -0.25) is 0 Å². The highest BCUT2D eigenvalue weighted by molar-refractivity contribution is 6.31. The van der Waals surface area contributed by atoms with Crippen molar-refractivity contribution in [2.45, 2.75) is 13.5 Å². The Balaban J connectivity index is 1.77. The van der Waals surface area contributed by atoms with Crippen LogP contribution in [0.4, 0.5) is 10.3 Å². The molecule has 140 valence electrons. The van der Waals surface area contributed by atoms with E-state index in [4.69, 9.17) is 26.8 Å². The first-order valence-corrected chi connectivity index (χ1v) is 8.45. The van der Waals surface area contributed by atoms with E-state index in [1.165, 1.54) is 17.9 Å². The Labute approximate surface area is 161 Å². The summed E-state index contributed by atoms with van der Waals surface area (Å²) in [5, 5.41) is 4.57. The molecule has 1 heterocycles. The van der Waals surface area contributed by atoms with Gasteiger partial charge in [-0.05, 0) is 42.8 Å². The molecule has 0 atom stereocenters. The van der Waals surface area contributed by atoms with Gasteiger partial charge in [0.05, 0.1) is 30.2 Å². The molecule has 1 aromatic heterocycles. The summed E-state index contributed by atoms with van der Waals surface area (Å²) in [6.07, 6.45) is 3.34. The van der Waals surface area contributed by atoms with Gasteiger partial charge in [-0.15, -0.1) is 0 Å². The maximum Gasteiger partial charge on any atom is 0.221 e. The second-order valence-electron chi connectivity index (χ2n) is 5.73. The van der Waals surface area contributed by atoms with Crippen molar-refractivity contribution in [3.63, 3.8) is 0 Å². The Hall–Kier alpha value is -3.06. The van der Waals surface area contributed by atoms with E-state index in [2.05, 4.69) is 10.1 Å². The quantitative estimate of drug-likeness (QED) is 0.647. The molecule has 0 saturated carbocycles. The number of aromatic nitrogens is 2. The Morgan fingerprint density at radius 1 is 1.30 bits per heavy atom. The SMILES string of the molecule is COc1cc(C=Nn2cc(C)nc2N)ccc1OCc1c(F)cccc1Cl. The molecule has 0 fully saturated rings. The van der Waals surface area contributed by atoms with E-state index in [0.29, 0.717) is 22.5 Å². The van der Waals surface area contributed by atoms with Crippen LogP contribution in [-0.4, -0.2) is 23.0 Å². The predicted molar refractivity (Wildman–Crippen MR) is 103 cm³/mol. The molecule has 0 aliphatic carbocycles. The van der Waals surface area contributed by atoms with Gasteiger partial charge in [-0.25, -0.2) is 14.1 Å². The average Bonchev–Trinajstić information content (AvgIpc) is 2.97. The summed E-state index contributed by atoms with van der Waals surface area (Å²) in [6.45, 7) is 1.82. The summed E-state index contributed by atoms with van der Waals surface area (Å²) >= 11 is 6.02. The van der Waals surface area contributed by atoms with Crippen molar-refractivity contribution < 1.29 is 13.9 Å². The van der Waals surface area contributed by atoms with Crippen LogP contribution in [0.2, 0.25) is 5.02 Å². The molecular weight excluding hydrogens is 371 g/mol. The maximum atomic E-state index is 13.9. The molecule has 0 aliphatic heterocycles. The van der Waals surface area contributed by atoms with Gasteiger partial charge in [-0.1, -0.05) is 17.7 Å². The molecule has 3 aromatic rings. The molecule has 0 radical (unpaired) electrons. The van der Waals surface area contributed by atoms with Crippen LogP contribution in [0.1, 0.15) is 16.8 Å². The van der Waals surface area contributed by atoms with Gasteiger partial charge in [0.25, 0.3) is 0 Å². The standard InChI is InChI=1S/C19H18ClFN4O2/c1-12-10-25(19(22)24-12)23-9-13-6-7-17(18(8-13)26-2)27-11-14-15(20)4-3-5-16(14)21/h3-10H,11H2,1-2H3,(H2,22,24). The molecule has 6 nitrogen and oxygen atoms in total. The van der Waals surface area contributed by atoms with Crippen LogP contribution in [0, 0.1) is 12.7 Å². The number of methoxy groups -OCH3 is 1. The van der Waals surface area contributed by atoms with Crippen molar-refractivity contribution in [2.24, 2.45) is 5.10 Å². The largest absolute Gasteiger partial charge is 0.493 e. The van der Waals surface area contributed by atoms with Crippen molar-refractivity contribution in [1.82, 2.24) is 9.66 Å². The molecule has 0 aliphatic rings. The van der Waals surface area contributed by atoms with Crippen molar-refractivity contribution in [1.29, 1.82) is 0 Å². The van der Waals surface area contributed by atoms with Gasteiger partial charge in [-0.2, -0.15) is 5.10 Å². The second kappa shape index (κ2) is 8.09. The first kappa shape index (κ1) is 18.7. The minimum absolute atomic E-state index is 0.0137. The fourth-order valence-corrected chi connectivity index (χ4v) is 2.65. The van der Waals surface area contributed by atoms with Crippen LogP contribution in [-0.2, 0) is 6.61 Å². The molecule has 0 amide bonds. The minimum atomic E-state index is -0.418. The highest BCUT2D eigenvalue weighted by Crippen LogP contribution is 2.29. The summed E-state index contributed by atoms with van der Waals surface area (Å²) in [7, 11) is 1.52. The normalized spacial score (nSPS) is 11.1. The van der Waals surface area contributed by atoms with Gasteiger partial charge in [0.15, 0.2) is 11.5 Å². The zero-order valence-electron chi connectivity index (χ0n) is 14.8. The highest BCUT2D eigenvalue weighted by Gasteiger charge is 2.10. The second-order valence-corrected chi connectivity index (χ2v) is 6.14. The summed E-state index contributed by atoms with van der Waals surface area (Å²) in [6, 6.07) is 9.77. The van der Waals surface area contributed by atoms with Crippen LogP contribution < -0.4 is 15.2 Å². The maximum absolute atomic E-state index is 13.9. The van der Waals surface area contributed by atoms with Crippen LogP contribution in [0.15, 0.2) is 47.7 Å². The summed E-state index contributed by atoms with van der Waals surface area (Å²) in [5.74, 6) is 0.837. The van der Waals surface area contributed by atoms with E-state index in [-0.39, 0.29) is 12.2 Å². The van der Waals surface area contributed by atoms with Crippen molar-refractivity contribution >= 4 is 23.8 Å². The number of nitrogen functional groups attached to an aromatic ring is 1. The zero-order chi connectivity index (χ0) is 19.4. The summed E-state index contributed by atoms with van der Waals surface area (Å²) in [4.78, 5) is 4.08. The van der Waals surface area contributed by atoms with E-state index in [9.17, 15) is 4.39 Å². The molecule has 0 spiro atoms. The smallest absolute Gasteiger partial charge is 0.221 e. The van der Waals surface area contributed by atoms with Crippen LogP contribution in [0.3, 0.4) is 0 Å². The van der Waals surface area contributed by atoms with E-state index in [1.807, 2.05) is 6.92 Å². The number of rotatable bonds is 6. The van der Waals surface area contributed by atoms with E-state index in [0.717, 1.165) is 11.3 Å². The third-order valence-corrected chi connectivity index (χ3v) is 4.14. The lowest BCUT2D eigenvalue weighted by atomic mass is 10.2. The molecule has 3 rings (SSSR count). The third-order valence-electron chi connectivity index (χ3n) is 3.79. The summed E-state index contributed by atoms with van der Waals surface area (Å²) in [5.41, 5.74) is 7.59. The van der Waals surface area contributed by atoms with Crippen molar-refractivity contribution in [3.8, 4) is 11.5 Å². The third kappa shape index (κ3) is 4.38. The van der Waals surface area contributed by atoms with Crippen LogP contribution in [0.25, 0.3) is 0 Å². The molecule has 27 heavy (non-hydrogen) atoms. The first-order chi connectivity index (χ1) is 13.0. The lowest BCUT2D eigenvalue weighted by Gasteiger charge is -2.12. The number of hydrogen-bond donors (Lipinski definition) is 1. The van der Waals surface area contributed by atoms with Gasteiger partial charge >= 0.3 is 0 Å². The molecule has 2 N–H and O–H groups in total. The first-order valence-electron chi connectivity index (χ1n) is 8.07. The zero-order valence-corrected chi connectivity index (χ0v) is 15.6. The van der Waals surface area contributed by atoms with E-state index >= 15 is 0 Å². The number of ether oxygens (including phenoxy) is 2. The number of halogens is 2. The van der Waals surface area contributed by atoms with Crippen molar-refractivity contribution in [3.05, 3.63) is 70.3 Å². The highest BCUT2D eigenvalue weighted by atomic mass is 35.5. The molecule has 2 aromatic carbocycles. The van der Waals surface area contributed by atoms with Gasteiger partial charge < -0.3 is 15.2 Å². The molecule has 0 saturated heterocycles. The number of hydrogen-bond acceptors (Lipinski definition) is 5.